The molecule has 2 aromatic heterocycles. The number of hydrogen-bond donors (Lipinski definition) is 2. The van der Waals surface area contributed by atoms with Gasteiger partial charge in [-0.2, -0.15) is 0 Å². The predicted molar refractivity (Wildman–Crippen MR) is 97.9 cm³/mol. The van der Waals surface area contributed by atoms with Crippen molar-refractivity contribution in [3.63, 3.8) is 0 Å². The summed E-state index contributed by atoms with van der Waals surface area (Å²) in [6, 6.07) is 14.8. The van der Waals surface area contributed by atoms with Gasteiger partial charge in [0.25, 0.3) is 5.91 Å². The molecule has 0 saturated carbocycles. The largest absolute Gasteiger partial charge is 0.380 e. The molecule has 2 N–H and O–H groups in total. The van der Waals surface area contributed by atoms with E-state index in [0.29, 0.717) is 17.9 Å². The highest BCUT2D eigenvalue weighted by Crippen LogP contribution is 2.18. The number of benzene rings is 1. The second-order valence-electron chi connectivity index (χ2n) is 5.08. The molecular weight excluding hydrogens is 368 g/mol. The summed E-state index contributed by atoms with van der Waals surface area (Å²) in [7, 11) is 0. The molecule has 1 aromatic carbocycles. The van der Waals surface area contributed by atoms with Gasteiger partial charge >= 0.3 is 0 Å². The maximum atomic E-state index is 12.2. The van der Waals surface area contributed by atoms with Crippen molar-refractivity contribution in [2.45, 2.75) is 6.54 Å². The number of hydrogen-bond acceptors (Lipinski definition) is 4. The fourth-order valence-corrected chi connectivity index (χ4v) is 2.57. The van der Waals surface area contributed by atoms with Crippen molar-refractivity contribution in [2.75, 3.05) is 10.6 Å². The van der Waals surface area contributed by atoms with Crippen LogP contribution >= 0.6 is 15.9 Å². The summed E-state index contributed by atoms with van der Waals surface area (Å²) < 4.78 is 0.747. The zero-order chi connectivity index (χ0) is 16.8. The van der Waals surface area contributed by atoms with Crippen molar-refractivity contribution in [1.82, 2.24) is 9.97 Å². The van der Waals surface area contributed by atoms with E-state index in [-0.39, 0.29) is 5.91 Å². The van der Waals surface area contributed by atoms with Gasteiger partial charge in [0.1, 0.15) is 5.82 Å². The number of nitrogens with one attached hydrogen (secondary N) is 2. The predicted octanol–water partition coefficient (Wildman–Crippen LogP) is 4.10. The maximum absolute atomic E-state index is 12.2. The SMILES string of the molecule is O=C(Nc1ccc(NCc2cccnc2)cn1)c1ccccc1Br. The third-order valence-electron chi connectivity index (χ3n) is 3.34. The molecule has 0 unspecified atom stereocenters. The number of aromatic nitrogens is 2. The van der Waals surface area contributed by atoms with Gasteiger partial charge in [-0.15, -0.1) is 0 Å². The van der Waals surface area contributed by atoms with Gasteiger partial charge in [0.2, 0.25) is 0 Å². The second kappa shape index (κ2) is 7.70. The Morgan fingerprint density at radius 1 is 1.04 bits per heavy atom. The third-order valence-corrected chi connectivity index (χ3v) is 4.03. The van der Waals surface area contributed by atoms with Gasteiger partial charge in [-0.1, -0.05) is 18.2 Å². The summed E-state index contributed by atoms with van der Waals surface area (Å²) in [4.78, 5) is 20.6. The molecule has 120 valence electrons. The zero-order valence-electron chi connectivity index (χ0n) is 12.7. The van der Waals surface area contributed by atoms with E-state index in [1.54, 1.807) is 24.5 Å². The molecule has 3 rings (SSSR count). The third kappa shape index (κ3) is 4.17. The van der Waals surface area contributed by atoms with E-state index < -0.39 is 0 Å². The van der Waals surface area contributed by atoms with Crippen LogP contribution < -0.4 is 10.6 Å². The fourth-order valence-electron chi connectivity index (χ4n) is 2.11. The molecule has 0 spiro atoms. The molecule has 0 aliphatic heterocycles. The Morgan fingerprint density at radius 2 is 1.92 bits per heavy atom. The van der Waals surface area contributed by atoms with Crippen LogP contribution in [-0.2, 0) is 6.54 Å². The average Bonchev–Trinajstić information content (AvgIpc) is 2.62. The molecule has 2 heterocycles. The van der Waals surface area contributed by atoms with Crippen LogP contribution in [0.25, 0.3) is 0 Å². The normalized spacial score (nSPS) is 10.2. The van der Waals surface area contributed by atoms with Crippen LogP contribution in [0, 0.1) is 0 Å². The van der Waals surface area contributed by atoms with E-state index in [2.05, 4.69) is 36.5 Å². The number of anilines is 2. The van der Waals surface area contributed by atoms with Crippen LogP contribution in [0.3, 0.4) is 0 Å². The van der Waals surface area contributed by atoms with Crippen LogP contribution in [0.15, 0.2) is 71.6 Å². The molecule has 5 nitrogen and oxygen atoms in total. The van der Waals surface area contributed by atoms with Gasteiger partial charge in [-0.3, -0.25) is 9.78 Å². The Hall–Kier alpha value is -2.73. The van der Waals surface area contributed by atoms with E-state index in [1.165, 1.54) is 0 Å². The van der Waals surface area contributed by atoms with E-state index in [9.17, 15) is 4.79 Å². The van der Waals surface area contributed by atoms with Crippen LogP contribution in [0.5, 0.6) is 0 Å². The number of rotatable bonds is 5. The number of halogens is 1. The highest BCUT2D eigenvalue weighted by Gasteiger charge is 2.09. The zero-order valence-corrected chi connectivity index (χ0v) is 14.3. The van der Waals surface area contributed by atoms with Crippen LogP contribution in [-0.4, -0.2) is 15.9 Å². The van der Waals surface area contributed by atoms with Crippen molar-refractivity contribution < 1.29 is 4.79 Å². The molecule has 0 aliphatic carbocycles. The lowest BCUT2D eigenvalue weighted by molar-refractivity contribution is 0.102. The minimum atomic E-state index is -0.203. The first-order valence-electron chi connectivity index (χ1n) is 7.37. The highest BCUT2D eigenvalue weighted by atomic mass is 79.9. The van der Waals surface area contributed by atoms with Gasteiger partial charge in [0.05, 0.1) is 17.4 Å². The van der Waals surface area contributed by atoms with Crippen molar-refractivity contribution in [1.29, 1.82) is 0 Å². The molecule has 0 bridgehead atoms. The summed E-state index contributed by atoms with van der Waals surface area (Å²) in [5.41, 5.74) is 2.53. The Kier molecular flexibility index (Phi) is 5.18. The van der Waals surface area contributed by atoms with Gasteiger partial charge in [0.15, 0.2) is 0 Å². The molecule has 0 atom stereocenters. The summed E-state index contributed by atoms with van der Waals surface area (Å²) >= 11 is 3.37. The standard InChI is InChI=1S/C18H15BrN4O/c19-16-6-2-1-5-15(16)18(24)23-17-8-7-14(12-22-17)21-11-13-4-3-9-20-10-13/h1-10,12,21H,11H2,(H,22,23,24). The van der Waals surface area contributed by atoms with E-state index in [4.69, 9.17) is 0 Å². The molecular formula is C18H15BrN4O. The minimum absolute atomic E-state index is 0.203. The van der Waals surface area contributed by atoms with Gasteiger partial charge in [0, 0.05) is 23.4 Å². The van der Waals surface area contributed by atoms with Crippen molar-refractivity contribution in [3.8, 4) is 0 Å². The molecule has 3 aromatic rings. The second-order valence-corrected chi connectivity index (χ2v) is 5.94. The monoisotopic (exact) mass is 382 g/mol. The maximum Gasteiger partial charge on any atom is 0.257 e. The molecule has 0 fully saturated rings. The lowest BCUT2D eigenvalue weighted by Gasteiger charge is -2.08. The van der Waals surface area contributed by atoms with E-state index in [1.807, 2.05) is 42.6 Å². The van der Waals surface area contributed by atoms with Crippen LogP contribution in [0.4, 0.5) is 11.5 Å². The summed E-state index contributed by atoms with van der Waals surface area (Å²) in [6.45, 7) is 0.665. The summed E-state index contributed by atoms with van der Waals surface area (Å²) in [5, 5.41) is 6.04. The van der Waals surface area contributed by atoms with E-state index in [0.717, 1.165) is 15.7 Å². The number of amides is 1. The first-order chi connectivity index (χ1) is 11.7. The minimum Gasteiger partial charge on any atom is -0.380 e. The lowest BCUT2D eigenvalue weighted by Crippen LogP contribution is -2.13. The lowest BCUT2D eigenvalue weighted by atomic mass is 10.2. The molecule has 0 saturated heterocycles. The first-order valence-corrected chi connectivity index (χ1v) is 8.16. The highest BCUT2D eigenvalue weighted by molar-refractivity contribution is 9.10. The summed E-state index contributed by atoms with van der Waals surface area (Å²) in [6.07, 6.45) is 5.24. The average molecular weight is 383 g/mol. The van der Waals surface area contributed by atoms with Crippen LogP contribution in [0.1, 0.15) is 15.9 Å². The fraction of sp³-hybridized carbons (Fsp3) is 0.0556. The quantitative estimate of drug-likeness (QED) is 0.696. The topological polar surface area (TPSA) is 66.9 Å². The smallest absolute Gasteiger partial charge is 0.257 e. The van der Waals surface area contributed by atoms with Gasteiger partial charge < -0.3 is 10.6 Å². The molecule has 1 amide bonds. The summed E-state index contributed by atoms with van der Waals surface area (Å²) in [5.74, 6) is 0.300. The Balaban J connectivity index is 1.60. The van der Waals surface area contributed by atoms with Crippen molar-refractivity contribution >= 4 is 33.3 Å². The number of pyridine rings is 2. The van der Waals surface area contributed by atoms with Gasteiger partial charge in [-0.05, 0) is 51.8 Å². The Labute approximate surface area is 148 Å². The van der Waals surface area contributed by atoms with Crippen molar-refractivity contribution in [2.24, 2.45) is 0 Å². The Morgan fingerprint density at radius 3 is 2.62 bits per heavy atom. The van der Waals surface area contributed by atoms with Crippen LogP contribution in [0.2, 0.25) is 0 Å². The molecule has 0 aliphatic rings. The Bertz CT molecular complexity index is 822. The molecule has 24 heavy (non-hydrogen) atoms. The molecule has 0 radical (unpaired) electrons. The number of nitrogens with zero attached hydrogens (tertiary/aromatic N) is 2. The number of carbonyl (C=O) groups excluding carboxylic acids is 1. The van der Waals surface area contributed by atoms with Crippen molar-refractivity contribution in [3.05, 3.63) is 82.7 Å². The first kappa shape index (κ1) is 16.1. The molecule has 6 heteroatoms. The van der Waals surface area contributed by atoms with Gasteiger partial charge in [-0.25, -0.2) is 4.98 Å². The van der Waals surface area contributed by atoms with E-state index >= 15 is 0 Å². The number of carbonyl (C=O) groups is 1.